The number of amides is 1. The minimum atomic E-state index is 0.146. The first-order chi connectivity index (χ1) is 9.47. The van der Waals surface area contributed by atoms with E-state index in [1.807, 2.05) is 30.0 Å². The number of likely N-dealkylation sites (tertiary alicyclic amines) is 1. The van der Waals surface area contributed by atoms with Crippen molar-refractivity contribution in [1.82, 2.24) is 4.90 Å². The normalized spacial score (nSPS) is 20.8. The Hall–Kier alpha value is -0.580. The average molecular weight is 360 g/mol. The molecule has 1 fully saturated rings. The van der Waals surface area contributed by atoms with E-state index in [0.29, 0.717) is 17.4 Å². The molecule has 2 atom stereocenters. The topological polar surface area (TPSA) is 46.3 Å². The molecule has 2 rings (SSSR count). The molecule has 1 amide bonds. The van der Waals surface area contributed by atoms with Gasteiger partial charge in [-0.15, -0.1) is 0 Å². The summed E-state index contributed by atoms with van der Waals surface area (Å²) in [5, 5.41) is 0.670. The van der Waals surface area contributed by atoms with Crippen LogP contribution in [0, 0.1) is 5.92 Å². The number of nitrogens with zero attached hydrogens (tertiary/aromatic N) is 1. The van der Waals surface area contributed by atoms with Crippen LogP contribution in [0.15, 0.2) is 22.7 Å². The van der Waals surface area contributed by atoms with Crippen LogP contribution >= 0.6 is 27.5 Å². The lowest BCUT2D eigenvalue weighted by Gasteiger charge is -2.34. The van der Waals surface area contributed by atoms with Gasteiger partial charge >= 0.3 is 0 Å². The van der Waals surface area contributed by atoms with Crippen LogP contribution in [0.25, 0.3) is 0 Å². The molecule has 0 radical (unpaired) electrons. The van der Waals surface area contributed by atoms with Crippen LogP contribution < -0.4 is 5.73 Å². The number of benzene rings is 1. The predicted molar refractivity (Wildman–Crippen MR) is 85.8 cm³/mol. The van der Waals surface area contributed by atoms with Crippen LogP contribution in [-0.4, -0.2) is 29.9 Å². The second kappa shape index (κ2) is 6.92. The predicted octanol–water partition coefficient (Wildman–Crippen LogP) is 3.23. The van der Waals surface area contributed by atoms with E-state index in [1.165, 1.54) is 0 Å². The number of carbonyl (C=O) groups excluding carboxylic acids is 1. The molecule has 1 aromatic rings. The summed E-state index contributed by atoms with van der Waals surface area (Å²) in [5.41, 5.74) is 6.94. The van der Waals surface area contributed by atoms with Crippen LogP contribution in [0.3, 0.4) is 0 Å². The van der Waals surface area contributed by atoms with Crippen LogP contribution in [0.2, 0.25) is 5.02 Å². The molecule has 1 aliphatic rings. The van der Waals surface area contributed by atoms with E-state index in [4.69, 9.17) is 17.3 Å². The molecule has 0 bridgehead atoms. The molecule has 0 aromatic heterocycles. The summed E-state index contributed by atoms with van der Waals surface area (Å²) in [6.45, 7) is 3.64. The first-order valence-corrected chi connectivity index (χ1v) is 8.11. The highest BCUT2D eigenvalue weighted by molar-refractivity contribution is 9.10. The molecule has 0 saturated carbocycles. The number of piperidine rings is 1. The third kappa shape index (κ3) is 3.96. The van der Waals surface area contributed by atoms with Crippen LogP contribution in [0.5, 0.6) is 0 Å². The van der Waals surface area contributed by atoms with E-state index < -0.39 is 0 Å². The third-order valence-electron chi connectivity index (χ3n) is 3.91. The van der Waals surface area contributed by atoms with Gasteiger partial charge in [-0.2, -0.15) is 0 Å². The number of hydrogen-bond donors (Lipinski definition) is 1. The van der Waals surface area contributed by atoms with Gasteiger partial charge < -0.3 is 10.6 Å². The smallest absolute Gasteiger partial charge is 0.227 e. The van der Waals surface area contributed by atoms with E-state index in [1.54, 1.807) is 0 Å². The molecule has 0 spiro atoms. The van der Waals surface area contributed by atoms with Gasteiger partial charge in [-0.3, -0.25) is 4.79 Å². The Labute approximate surface area is 133 Å². The van der Waals surface area contributed by atoms with Gasteiger partial charge in [0.25, 0.3) is 0 Å². The molecule has 1 aromatic carbocycles. The zero-order chi connectivity index (χ0) is 14.7. The summed E-state index contributed by atoms with van der Waals surface area (Å²) >= 11 is 9.38. The van der Waals surface area contributed by atoms with Crippen molar-refractivity contribution in [2.24, 2.45) is 11.7 Å². The van der Waals surface area contributed by atoms with Gasteiger partial charge in [0.2, 0.25) is 5.91 Å². The summed E-state index contributed by atoms with van der Waals surface area (Å²) in [6, 6.07) is 5.69. The van der Waals surface area contributed by atoms with Crippen molar-refractivity contribution in [3.05, 3.63) is 33.3 Å². The van der Waals surface area contributed by atoms with Crippen LogP contribution in [0.1, 0.15) is 25.3 Å². The highest BCUT2D eigenvalue weighted by atomic mass is 79.9. The Morgan fingerprint density at radius 1 is 1.60 bits per heavy atom. The third-order valence-corrected chi connectivity index (χ3v) is 4.88. The quantitative estimate of drug-likeness (QED) is 0.900. The van der Waals surface area contributed by atoms with Gasteiger partial charge in [0.15, 0.2) is 0 Å². The second-order valence-corrected chi connectivity index (χ2v) is 6.80. The molecule has 0 unspecified atom stereocenters. The van der Waals surface area contributed by atoms with Crippen molar-refractivity contribution >= 4 is 33.4 Å². The van der Waals surface area contributed by atoms with Crippen LogP contribution in [0.4, 0.5) is 0 Å². The van der Waals surface area contributed by atoms with E-state index in [2.05, 4.69) is 15.9 Å². The largest absolute Gasteiger partial charge is 0.342 e. The number of rotatable bonds is 3. The van der Waals surface area contributed by atoms with Gasteiger partial charge in [0.05, 0.1) is 6.42 Å². The number of nitrogens with two attached hydrogens (primary N) is 1. The molecule has 3 nitrogen and oxygen atoms in total. The summed E-state index contributed by atoms with van der Waals surface area (Å²) in [6.07, 6.45) is 2.56. The van der Waals surface area contributed by atoms with Gasteiger partial charge in [-0.05, 0) is 43.4 Å². The number of hydrogen-bond acceptors (Lipinski definition) is 2. The molecule has 1 aliphatic heterocycles. The van der Waals surface area contributed by atoms with Crippen molar-refractivity contribution < 1.29 is 4.79 Å². The first kappa shape index (κ1) is 15.8. The summed E-state index contributed by atoms with van der Waals surface area (Å²) < 4.78 is 0.888. The summed E-state index contributed by atoms with van der Waals surface area (Å²) in [7, 11) is 0. The van der Waals surface area contributed by atoms with Gasteiger partial charge in [0.1, 0.15) is 0 Å². The zero-order valence-electron chi connectivity index (χ0n) is 11.6. The molecule has 5 heteroatoms. The van der Waals surface area contributed by atoms with Crippen molar-refractivity contribution in [1.29, 1.82) is 0 Å². The standard InChI is InChI=1S/C15H20BrClN2O/c1-10(18)12-3-2-6-19(9-12)15(20)7-11-4-5-13(17)8-14(11)16/h4-5,8,10,12H,2-3,6-7,9,18H2,1H3/t10-,12+/m1/s1. The molecule has 1 saturated heterocycles. The lowest BCUT2D eigenvalue weighted by molar-refractivity contribution is -0.132. The fourth-order valence-corrected chi connectivity index (χ4v) is 3.43. The Balaban J connectivity index is 2.00. The molecule has 110 valence electrons. The molecule has 20 heavy (non-hydrogen) atoms. The molecule has 2 N–H and O–H groups in total. The minimum absolute atomic E-state index is 0.146. The second-order valence-electron chi connectivity index (χ2n) is 5.51. The lowest BCUT2D eigenvalue weighted by Crippen LogP contribution is -2.45. The Kier molecular flexibility index (Phi) is 5.47. The monoisotopic (exact) mass is 358 g/mol. The number of carbonyl (C=O) groups is 1. The fourth-order valence-electron chi connectivity index (χ4n) is 2.61. The zero-order valence-corrected chi connectivity index (χ0v) is 14.0. The maximum absolute atomic E-state index is 12.4. The molecular formula is C15H20BrClN2O. The van der Waals surface area contributed by atoms with Crippen molar-refractivity contribution in [2.45, 2.75) is 32.2 Å². The Morgan fingerprint density at radius 2 is 2.35 bits per heavy atom. The first-order valence-electron chi connectivity index (χ1n) is 6.94. The fraction of sp³-hybridized carbons (Fsp3) is 0.533. The number of halogens is 2. The summed E-state index contributed by atoms with van der Waals surface area (Å²) in [5.74, 6) is 0.583. The molecule has 0 aliphatic carbocycles. The van der Waals surface area contributed by atoms with Crippen molar-refractivity contribution in [2.75, 3.05) is 13.1 Å². The SMILES string of the molecule is C[C@@H](N)[C@H]1CCCN(C(=O)Cc2ccc(Cl)cc2Br)C1. The Morgan fingerprint density at radius 3 is 3.00 bits per heavy atom. The van der Waals surface area contributed by atoms with E-state index in [9.17, 15) is 4.79 Å². The van der Waals surface area contributed by atoms with Crippen LogP contribution in [-0.2, 0) is 11.2 Å². The van der Waals surface area contributed by atoms with Crippen molar-refractivity contribution in [3.63, 3.8) is 0 Å². The van der Waals surface area contributed by atoms with Crippen molar-refractivity contribution in [3.8, 4) is 0 Å². The Bertz CT molecular complexity index is 493. The van der Waals surface area contributed by atoms with Gasteiger partial charge in [-0.25, -0.2) is 0 Å². The van der Waals surface area contributed by atoms with Gasteiger partial charge in [0, 0.05) is 28.6 Å². The highest BCUT2D eigenvalue weighted by Crippen LogP contribution is 2.24. The highest BCUT2D eigenvalue weighted by Gasteiger charge is 2.25. The summed E-state index contributed by atoms with van der Waals surface area (Å²) in [4.78, 5) is 14.3. The molecular weight excluding hydrogens is 340 g/mol. The molecule has 1 heterocycles. The average Bonchev–Trinajstić information content (AvgIpc) is 2.42. The maximum atomic E-state index is 12.4. The van der Waals surface area contributed by atoms with E-state index in [-0.39, 0.29) is 11.9 Å². The van der Waals surface area contributed by atoms with E-state index >= 15 is 0 Å². The minimum Gasteiger partial charge on any atom is -0.342 e. The maximum Gasteiger partial charge on any atom is 0.227 e. The lowest BCUT2D eigenvalue weighted by atomic mass is 9.92. The van der Waals surface area contributed by atoms with E-state index in [0.717, 1.165) is 36.0 Å². The van der Waals surface area contributed by atoms with Gasteiger partial charge in [-0.1, -0.05) is 33.6 Å².